The molecule has 0 aliphatic carbocycles. The minimum atomic E-state index is -0.282. The van der Waals surface area contributed by atoms with E-state index in [4.69, 9.17) is 0 Å². The zero-order valence-corrected chi connectivity index (χ0v) is 14.3. The summed E-state index contributed by atoms with van der Waals surface area (Å²) in [6.07, 6.45) is 5.39. The summed E-state index contributed by atoms with van der Waals surface area (Å²) < 4.78 is 0. The Labute approximate surface area is 133 Å². The van der Waals surface area contributed by atoms with Crippen molar-refractivity contribution in [2.24, 2.45) is 20.3 Å². The Kier molecular flexibility index (Phi) is 11.3. The fourth-order valence-electron chi connectivity index (χ4n) is 1.57. The lowest BCUT2D eigenvalue weighted by atomic mass is 10.2. The van der Waals surface area contributed by atoms with Crippen molar-refractivity contribution in [3.05, 3.63) is 9.81 Å². The SMILES string of the molecule is CC(N=O)C(C)N=CCCN(C)CCC=NC(C)C(C)N=O. The molecule has 126 valence electrons. The first-order valence-electron chi connectivity index (χ1n) is 7.79. The molecule has 0 aliphatic heterocycles. The molecule has 4 atom stereocenters. The van der Waals surface area contributed by atoms with E-state index >= 15 is 0 Å². The van der Waals surface area contributed by atoms with Gasteiger partial charge in [-0.1, -0.05) is 10.4 Å². The van der Waals surface area contributed by atoms with Gasteiger partial charge in [-0.2, -0.15) is 9.81 Å². The Balaban J connectivity index is 3.85. The van der Waals surface area contributed by atoms with Crippen LogP contribution >= 0.6 is 0 Å². The molecule has 0 saturated carbocycles. The molecule has 0 spiro atoms. The van der Waals surface area contributed by atoms with E-state index < -0.39 is 0 Å². The molecule has 0 aliphatic rings. The van der Waals surface area contributed by atoms with Crippen molar-refractivity contribution in [3.8, 4) is 0 Å². The Hall–Kier alpha value is -1.50. The predicted molar refractivity (Wildman–Crippen MR) is 93.2 cm³/mol. The first-order valence-corrected chi connectivity index (χ1v) is 7.79. The maximum absolute atomic E-state index is 10.4. The smallest absolute Gasteiger partial charge is 0.111 e. The Morgan fingerprint density at radius 3 is 1.45 bits per heavy atom. The van der Waals surface area contributed by atoms with Gasteiger partial charge < -0.3 is 4.90 Å². The van der Waals surface area contributed by atoms with Crippen LogP contribution in [0.2, 0.25) is 0 Å². The summed E-state index contributed by atoms with van der Waals surface area (Å²) >= 11 is 0. The van der Waals surface area contributed by atoms with E-state index in [0.29, 0.717) is 0 Å². The van der Waals surface area contributed by atoms with Crippen LogP contribution in [-0.2, 0) is 0 Å². The fraction of sp³-hybridized carbons (Fsp3) is 0.867. The molecule has 0 saturated heterocycles. The Morgan fingerprint density at radius 1 is 0.773 bits per heavy atom. The predicted octanol–water partition coefficient (Wildman–Crippen LogP) is 2.93. The number of rotatable bonds is 12. The topological polar surface area (TPSA) is 86.8 Å². The van der Waals surface area contributed by atoms with Crippen molar-refractivity contribution in [2.75, 3.05) is 20.1 Å². The molecule has 0 aromatic carbocycles. The van der Waals surface area contributed by atoms with Crippen molar-refractivity contribution in [2.45, 2.75) is 64.7 Å². The van der Waals surface area contributed by atoms with Gasteiger partial charge in [0.25, 0.3) is 0 Å². The highest BCUT2D eigenvalue weighted by Gasteiger charge is 2.09. The molecule has 7 heteroatoms. The molecule has 0 bridgehead atoms. The molecule has 22 heavy (non-hydrogen) atoms. The van der Waals surface area contributed by atoms with Crippen LogP contribution in [0.25, 0.3) is 0 Å². The van der Waals surface area contributed by atoms with Gasteiger partial charge in [0.15, 0.2) is 0 Å². The maximum Gasteiger partial charge on any atom is 0.111 e. The number of hydrogen-bond acceptors (Lipinski definition) is 7. The lowest BCUT2D eigenvalue weighted by Crippen LogP contribution is -2.22. The first kappa shape index (κ1) is 20.5. The van der Waals surface area contributed by atoms with E-state index in [-0.39, 0.29) is 24.2 Å². The molecular formula is C15H29N5O2. The van der Waals surface area contributed by atoms with Crippen molar-refractivity contribution in [1.82, 2.24) is 4.90 Å². The van der Waals surface area contributed by atoms with Crippen LogP contribution in [0.1, 0.15) is 40.5 Å². The van der Waals surface area contributed by atoms with Gasteiger partial charge in [-0.15, -0.1) is 0 Å². The summed E-state index contributed by atoms with van der Waals surface area (Å²) in [6.45, 7) is 9.10. The van der Waals surface area contributed by atoms with Gasteiger partial charge in [0.2, 0.25) is 0 Å². The largest absolute Gasteiger partial charge is 0.306 e. The second-order valence-corrected chi connectivity index (χ2v) is 5.72. The summed E-state index contributed by atoms with van der Waals surface area (Å²) in [5, 5.41) is 5.94. The standard InChI is InChI=1S/C15H29N5O2/c1-12(14(3)18-21)16-8-6-10-20(5)11-7-9-17-13(2)15(4)19-22/h8-9,12-15H,6-7,10-11H2,1-5H3. The fourth-order valence-corrected chi connectivity index (χ4v) is 1.57. The zero-order valence-electron chi connectivity index (χ0n) is 14.3. The summed E-state index contributed by atoms with van der Waals surface area (Å²) in [6, 6.07) is -0.694. The quantitative estimate of drug-likeness (QED) is 0.410. The molecule has 7 nitrogen and oxygen atoms in total. The molecule has 0 heterocycles. The minimum absolute atomic E-state index is 0.0650. The average molecular weight is 311 g/mol. The van der Waals surface area contributed by atoms with Gasteiger partial charge in [0.05, 0.1) is 12.1 Å². The van der Waals surface area contributed by atoms with Gasteiger partial charge in [-0.25, -0.2) is 0 Å². The van der Waals surface area contributed by atoms with Gasteiger partial charge >= 0.3 is 0 Å². The highest BCUT2D eigenvalue weighted by molar-refractivity contribution is 5.58. The molecule has 0 rings (SSSR count). The summed E-state index contributed by atoms with van der Waals surface area (Å²) in [4.78, 5) is 31.5. The molecular weight excluding hydrogens is 282 g/mol. The molecule has 0 N–H and O–H groups in total. The lowest BCUT2D eigenvalue weighted by Gasteiger charge is -2.14. The second kappa shape index (κ2) is 12.1. The highest BCUT2D eigenvalue weighted by Crippen LogP contribution is 2.02. The van der Waals surface area contributed by atoms with Crippen LogP contribution in [0.3, 0.4) is 0 Å². The second-order valence-electron chi connectivity index (χ2n) is 5.72. The van der Waals surface area contributed by atoms with Gasteiger partial charge in [0, 0.05) is 25.5 Å². The van der Waals surface area contributed by atoms with Crippen molar-refractivity contribution < 1.29 is 0 Å². The molecule has 0 fully saturated rings. The van der Waals surface area contributed by atoms with E-state index in [1.54, 1.807) is 13.8 Å². The van der Waals surface area contributed by atoms with Crippen LogP contribution in [0.4, 0.5) is 0 Å². The van der Waals surface area contributed by atoms with Crippen LogP contribution in [-0.4, -0.2) is 61.6 Å². The average Bonchev–Trinajstić information content (AvgIpc) is 2.53. The van der Waals surface area contributed by atoms with Crippen LogP contribution in [0.5, 0.6) is 0 Å². The van der Waals surface area contributed by atoms with E-state index in [2.05, 4.69) is 25.2 Å². The van der Waals surface area contributed by atoms with Crippen molar-refractivity contribution in [3.63, 3.8) is 0 Å². The minimum Gasteiger partial charge on any atom is -0.306 e. The van der Waals surface area contributed by atoms with E-state index in [9.17, 15) is 9.81 Å². The summed E-state index contributed by atoms with van der Waals surface area (Å²) in [7, 11) is 2.04. The number of aliphatic imine (C=N–C) groups is 2. The lowest BCUT2D eigenvalue weighted by molar-refractivity contribution is 0.356. The molecule has 0 amide bonds. The number of nitrogens with zero attached hydrogens (tertiary/aromatic N) is 5. The van der Waals surface area contributed by atoms with E-state index in [1.807, 2.05) is 33.3 Å². The normalized spacial score (nSPS) is 17.7. The number of nitroso groups, excluding NO2 is 2. The van der Waals surface area contributed by atoms with Crippen LogP contribution < -0.4 is 0 Å². The zero-order chi connectivity index (χ0) is 17.0. The third kappa shape index (κ3) is 9.44. The third-order valence-corrected chi connectivity index (χ3v) is 3.69. The van der Waals surface area contributed by atoms with E-state index in [1.165, 1.54) is 0 Å². The number of hydrogen-bond donors (Lipinski definition) is 0. The molecule has 0 aromatic heterocycles. The Morgan fingerprint density at radius 2 is 1.14 bits per heavy atom. The van der Waals surface area contributed by atoms with Crippen molar-refractivity contribution in [1.29, 1.82) is 0 Å². The Bertz CT molecular complexity index is 339. The third-order valence-electron chi connectivity index (χ3n) is 3.69. The van der Waals surface area contributed by atoms with Gasteiger partial charge in [0.1, 0.15) is 12.1 Å². The van der Waals surface area contributed by atoms with Crippen LogP contribution in [0.15, 0.2) is 20.3 Å². The van der Waals surface area contributed by atoms with Crippen LogP contribution in [0, 0.1) is 9.81 Å². The maximum atomic E-state index is 10.4. The van der Waals surface area contributed by atoms with Crippen molar-refractivity contribution >= 4 is 12.4 Å². The molecule has 0 aromatic rings. The monoisotopic (exact) mass is 311 g/mol. The molecule has 4 unspecified atom stereocenters. The summed E-state index contributed by atoms with van der Waals surface area (Å²) in [5.74, 6) is 0. The highest BCUT2D eigenvalue weighted by atomic mass is 16.3. The van der Waals surface area contributed by atoms with Gasteiger partial charge in [-0.05, 0) is 47.6 Å². The van der Waals surface area contributed by atoms with E-state index in [0.717, 1.165) is 25.9 Å². The molecule has 0 radical (unpaired) electrons. The summed E-state index contributed by atoms with van der Waals surface area (Å²) in [5.41, 5.74) is 0. The first-order chi connectivity index (χ1) is 10.4. The van der Waals surface area contributed by atoms with Gasteiger partial charge in [-0.3, -0.25) is 9.98 Å².